The summed E-state index contributed by atoms with van der Waals surface area (Å²) in [5.74, 6) is -0.439. The van der Waals surface area contributed by atoms with Crippen LogP contribution in [0.15, 0.2) is 54.6 Å². The Hall–Kier alpha value is -2.16. The molecule has 2 aromatic rings. The number of alkyl halides is 1. The van der Waals surface area contributed by atoms with Crippen molar-refractivity contribution in [3.05, 3.63) is 71.3 Å². The van der Waals surface area contributed by atoms with Crippen molar-refractivity contribution in [1.29, 1.82) is 0 Å². The van der Waals surface area contributed by atoms with Crippen LogP contribution in [0.1, 0.15) is 27.7 Å². The first-order valence-electron chi connectivity index (χ1n) is 6.23. The number of rotatable bonds is 2. The molecule has 1 aliphatic rings. The fourth-order valence-electron chi connectivity index (χ4n) is 2.38. The fourth-order valence-corrected chi connectivity index (χ4v) is 2.38. The third-order valence-corrected chi connectivity index (χ3v) is 3.34. The normalized spacial score (nSPS) is 21.6. The minimum Gasteiger partial charge on any atom is -0.455 e. The standard InChI is InChI=1S/C16H13FO2/c17-15-12-8-4-5-9-13(12)16(18)19-14(15)10-11-6-2-1-3-7-11/h1-9,14-15H,10H2/t14-,15-/m0/s1. The summed E-state index contributed by atoms with van der Waals surface area (Å²) in [4.78, 5) is 11.8. The second-order valence-electron chi connectivity index (χ2n) is 4.62. The van der Waals surface area contributed by atoms with Crippen molar-refractivity contribution in [1.82, 2.24) is 0 Å². The first-order valence-corrected chi connectivity index (χ1v) is 6.23. The van der Waals surface area contributed by atoms with Crippen molar-refractivity contribution in [2.24, 2.45) is 0 Å². The Morgan fingerprint density at radius 3 is 2.47 bits per heavy atom. The quantitative estimate of drug-likeness (QED) is 0.769. The molecule has 3 rings (SSSR count). The molecule has 1 aliphatic heterocycles. The van der Waals surface area contributed by atoms with Crippen LogP contribution < -0.4 is 0 Å². The van der Waals surface area contributed by atoms with Gasteiger partial charge < -0.3 is 4.74 Å². The van der Waals surface area contributed by atoms with Crippen LogP contribution in [-0.2, 0) is 11.2 Å². The lowest BCUT2D eigenvalue weighted by Gasteiger charge is -2.28. The van der Waals surface area contributed by atoms with E-state index in [4.69, 9.17) is 4.74 Å². The Labute approximate surface area is 110 Å². The van der Waals surface area contributed by atoms with Crippen molar-refractivity contribution in [3.63, 3.8) is 0 Å². The zero-order chi connectivity index (χ0) is 13.2. The van der Waals surface area contributed by atoms with Crippen molar-refractivity contribution >= 4 is 5.97 Å². The lowest BCUT2D eigenvalue weighted by Crippen LogP contribution is -2.31. The van der Waals surface area contributed by atoms with Gasteiger partial charge in [-0.2, -0.15) is 0 Å². The van der Waals surface area contributed by atoms with Gasteiger partial charge in [0.15, 0.2) is 6.17 Å². The third kappa shape index (κ3) is 2.24. The van der Waals surface area contributed by atoms with Crippen LogP contribution in [0.2, 0.25) is 0 Å². The molecule has 0 N–H and O–H groups in total. The van der Waals surface area contributed by atoms with Gasteiger partial charge in [0.05, 0.1) is 5.56 Å². The summed E-state index contributed by atoms with van der Waals surface area (Å²) >= 11 is 0. The maximum Gasteiger partial charge on any atom is 0.338 e. The van der Waals surface area contributed by atoms with Gasteiger partial charge in [0.25, 0.3) is 0 Å². The second-order valence-corrected chi connectivity index (χ2v) is 4.62. The molecule has 0 unspecified atom stereocenters. The number of benzene rings is 2. The van der Waals surface area contributed by atoms with Crippen LogP contribution in [0.25, 0.3) is 0 Å². The molecule has 1 heterocycles. The zero-order valence-corrected chi connectivity index (χ0v) is 10.3. The number of fused-ring (bicyclic) bond motifs is 1. The molecule has 0 amide bonds. The van der Waals surface area contributed by atoms with Crippen molar-refractivity contribution in [2.45, 2.75) is 18.7 Å². The maximum atomic E-state index is 14.4. The monoisotopic (exact) mass is 256 g/mol. The average Bonchev–Trinajstić information content (AvgIpc) is 2.46. The molecule has 2 atom stereocenters. The van der Waals surface area contributed by atoms with E-state index in [1.54, 1.807) is 24.3 Å². The number of hydrogen-bond acceptors (Lipinski definition) is 2. The predicted molar refractivity (Wildman–Crippen MR) is 69.6 cm³/mol. The summed E-state index contributed by atoms with van der Waals surface area (Å²) < 4.78 is 19.6. The fraction of sp³-hybridized carbons (Fsp3) is 0.188. The molecule has 0 radical (unpaired) electrons. The molecule has 0 aliphatic carbocycles. The summed E-state index contributed by atoms with van der Waals surface area (Å²) in [5.41, 5.74) is 1.72. The SMILES string of the molecule is O=C1O[C@@H](Cc2ccccc2)[C@@H](F)c2ccccc21. The van der Waals surface area contributed by atoms with Gasteiger partial charge in [0.1, 0.15) is 6.10 Å². The zero-order valence-electron chi connectivity index (χ0n) is 10.3. The number of hydrogen-bond donors (Lipinski definition) is 0. The number of ether oxygens (including phenoxy) is 1. The molecule has 96 valence electrons. The first kappa shape index (κ1) is 11.9. The summed E-state index contributed by atoms with van der Waals surface area (Å²) in [6.07, 6.45) is -1.62. The van der Waals surface area contributed by atoms with E-state index in [0.29, 0.717) is 17.5 Å². The Balaban J connectivity index is 1.88. The van der Waals surface area contributed by atoms with Gasteiger partial charge in [-0.1, -0.05) is 48.5 Å². The Kier molecular flexibility index (Phi) is 3.03. The van der Waals surface area contributed by atoms with E-state index in [1.165, 1.54) is 0 Å². The molecule has 0 saturated heterocycles. The lowest BCUT2D eigenvalue weighted by molar-refractivity contribution is -0.00249. The van der Waals surface area contributed by atoms with Crippen LogP contribution in [0.5, 0.6) is 0 Å². The van der Waals surface area contributed by atoms with Gasteiger partial charge >= 0.3 is 5.97 Å². The highest BCUT2D eigenvalue weighted by Crippen LogP contribution is 2.33. The van der Waals surface area contributed by atoms with Gasteiger partial charge in [-0.15, -0.1) is 0 Å². The van der Waals surface area contributed by atoms with Crippen LogP contribution in [-0.4, -0.2) is 12.1 Å². The second kappa shape index (κ2) is 4.84. The van der Waals surface area contributed by atoms with Crippen LogP contribution in [0, 0.1) is 0 Å². The van der Waals surface area contributed by atoms with E-state index in [0.717, 1.165) is 5.56 Å². The molecular formula is C16H13FO2. The number of carbonyl (C=O) groups is 1. The predicted octanol–water partition coefficient (Wildman–Crippen LogP) is 3.48. The molecule has 0 fully saturated rings. The summed E-state index contributed by atoms with van der Waals surface area (Å²) in [5, 5.41) is 0. The molecule has 0 aromatic heterocycles. The molecule has 2 nitrogen and oxygen atoms in total. The van der Waals surface area contributed by atoms with Crippen LogP contribution in [0.3, 0.4) is 0 Å². The van der Waals surface area contributed by atoms with E-state index in [9.17, 15) is 9.18 Å². The third-order valence-electron chi connectivity index (χ3n) is 3.34. The highest BCUT2D eigenvalue weighted by molar-refractivity contribution is 5.92. The molecule has 0 saturated carbocycles. The van der Waals surface area contributed by atoms with Crippen molar-refractivity contribution < 1.29 is 13.9 Å². The largest absolute Gasteiger partial charge is 0.455 e. The average molecular weight is 256 g/mol. The first-order chi connectivity index (χ1) is 9.25. The number of carbonyl (C=O) groups excluding carboxylic acids is 1. The Bertz CT molecular complexity index is 595. The van der Waals surface area contributed by atoms with E-state index in [-0.39, 0.29) is 0 Å². The van der Waals surface area contributed by atoms with Gasteiger partial charge in [-0.3, -0.25) is 0 Å². The smallest absolute Gasteiger partial charge is 0.338 e. The van der Waals surface area contributed by atoms with E-state index in [1.807, 2.05) is 30.3 Å². The van der Waals surface area contributed by atoms with Gasteiger partial charge in [0, 0.05) is 12.0 Å². The van der Waals surface area contributed by atoms with Gasteiger partial charge in [-0.05, 0) is 11.6 Å². The maximum absolute atomic E-state index is 14.4. The van der Waals surface area contributed by atoms with Gasteiger partial charge in [-0.25, -0.2) is 9.18 Å². The minimum absolute atomic E-state index is 0.333. The van der Waals surface area contributed by atoms with Crippen LogP contribution >= 0.6 is 0 Å². The van der Waals surface area contributed by atoms with Crippen molar-refractivity contribution in [2.75, 3.05) is 0 Å². The lowest BCUT2D eigenvalue weighted by atomic mass is 9.93. The molecule has 2 aromatic carbocycles. The Morgan fingerprint density at radius 2 is 1.68 bits per heavy atom. The van der Waals surface area contributed by atoms with Crippen molar-refractivity contribution in [3.8, 4) is 0 Å². The summed E-state index contributed by atoms with van der Waals surface area (Å²) in [7, 11) is 0. The topological polar surface area (TPSA) is 26.3 Å². The number of halogens is 1. The molecule has 0 spiro atoms. The minimum atomic E-state index is -1.27. The highest BCUT2D eigenvalue weighted by atomic mass is 19.1. The van der Waals surface area contributed by atoms with E-state index < -0.39 is 18.2 Å². The molecule has 0 bridgehead atoms. The molecule has 19 heavy (non-hydrogen) atoms. The van der Waals surface area contributed by atoms with Gasteiger partial charge in [0.2, 0.25) is 0 Å². The number of esters is 1. The molecular weight excluding hydrogens is 243 g/mol. The van der Waals surface area contributed by atoms with E-state index >= 15 is 0 Å². The Morgan fingerprint density at radius 1 is 1.00 bits per heavy atom. The number of cyclic esters (lactones) is 1. The summed E-state index contributed by atoms with van der Waals surface area (Å²) in [6, 6.07) is 16.2. The van der Waals surface area contributed by atoms with E-state index in [2.05, 4.69) is 0 Å². The van der Waals surface area contributed by atoms with Crippen LogP contribution in [0.4, 0.5) is 4.39 Å². The molecule has 3 heteroatoms. The summed E-state index contributed by atoms with van der Waals surface area (Å²) in [6.45, 7) is 0. The highest BCUT2D eigenvalue weighted by Gasteiger charge is 2.35.